The number of rotatable bonds is 5. The van der Waals surface area contributed by atoms with Gasteiger partial charge >= 0.3 is 0 Å². The molecule has 1 N–H and O–H groups in total. The Morgan fingerprint density at radius 2 is 1.87 bits per heavy atom. The Labute approximate surface area is 145 Å². The molecule has 2 aromatic rings. The van der Waals surface area contributed by atoms with Crippen LogP contribution < -0.4 is 10.2 Å². The molecule has 122 valence electrons. The SMILES string of the molecule is Cc1cc(C)nc(SCC(=O)Nc2ccc(N(C)C)c(Cl)c2)n1. The molecule has 0 aliphatic rings. The first-order chi connectivity index (χ1) is 10.8. The Kier molecular flexibility index (Phi) is 5.85. The molecule has 2 rings (SSSR count). The number of nitrogens with zero attached hydrogens (tertiary/aromatic N) is 3. The van der Waals surface area contributed by atoms with Crippen molar-refractivity contribution < 1.29 is 4.79 Å². The summed E-state index contributed by atoms with van der Waals surface area (Å²) in [6, 6.07) is 7.35. The summed E-state index contributed by atoms with van der Waals surface area (Å²) >= 11 is 7.51. The van der Waals surface area contributed by atoms with Gasteiger partial charge in [-0.1, -0.05) is 23.4 Å². The van der Waals surface area contributed by atoms with Crippen LogP contribution in [0.25, 0.3) is 0 Å². The summed E-state index contributed by atoms with van der Waals surface area (Å²) in [7, 11) is 3.83. The van der Waals surface area contributed by atoms with Crippen molar-refractivity contribution in [1.82, 2.24) is 9.97 Å². The number of hydrogen-bond acceptors (Lipinski definition) is 5. The van der Waals surface area contributed by atoms with Gasteiger partial charge in [0.2, 0.25) is 5.91 Å². The van der Waals surface area contributed by atoms with Gasteiger partial charge in [0.05, 0.1) is 16.5 Å². The molecule has 1 aromatic heterocycles. The molecular weight excluding hydrogens is 332 g/mol. The second kappa shape index (κ2) is 7.66. The summed E-state index contributed by atoms with van der Waals surface area (Å²) < 4.78 is 0. The molecule has 0 fully saturated rings. The molecular formula is C16H19ClN4OS. The zero-order valence-electron chi connectivity index (χ0n) is 13.6. The number of hydrogen-bond donors (Lipinski definition) is 1. The summed E-state index contributed by atoms with van der Waals surface area (Å²) in [5.74, 6) is 0.127. The minimum atomic E-state index is -0.119. The highest BCUT2D eigenvalue weighted by Gasteiger charge is 2.09. The van der Waals surface area contributed by atoms with E-state index >= 15 is 0 Å². The molecule has 0 bridgehead atoms. The van der Waals surface area contributed by atoms with Crippen molar-refractivity contribution in [3.05, 3.63) is 40.7 Å². The molecule has 7 heteroatoms. The summed E-state index contributed by atoms with van der Waals surface area (Å²) in [5.41, 5.74) is 3.37. The van der Waals surface area contributed by atoms with E-state index < -0.39 is 0 Å². The van der Waals surface area contributed by atoms with Crippen molar-refractivity contribution in [1.29, 1.82) is 0 Å². The van der Waals surface area contributed by atoms with Gasteiger partial charge in [-0.15, -0.1) is 0 Å². The largest absolute Gasteiger partial charge is 0.376 e. The van der Waals surface area contributed by atoms with Crippen LogP contribution in [0.5, 0.6) is 0 Å². The van der Waals surface area contributed by atoms with Crippen LogP contribution in [-0.4, -0.2) is 35.7 Å². The van der Waals surface area contributed by atoms with E-state index in [0.29, 0.717) is 15.9 Å². The normalized spacial score (nSPS) is 10.5. The van der Waals surface area contributed by atoms with Gasteiger partial charge in [0.15, 0.2) is 5.16 Å². The predicted octanol–water partition coefficient (Wildman–Crippen LogP) is 3.54. The van der Waals surface area contributed by atoms with Crippen LogP contribution >= 0.6 is 23.4 Å². The number of carbonyl (C=O) groups is 1. The summed E-state index contributed by atoms with van der Waals surface area (Å²) in [6.07, 6.45) is 0. The Morgan fingerprint density at radius 1 is 1.22 bits per heavy atom. The number of anilines is 2. The van der Waals surface area contributed by atoms with Crippen LogP contribution in [0, 0.1) is 13.8 Å². The third-order valence-corrected chi connectivity index (χ3v) is 4.16. The summed E-state index contributed by atoms with van der Waals surface area (Å²) in [6.45, 7) is 3.82. The van der Waals surface area contributed by atoms with Crippen molar-refractivity contribution in [3.63, 3.8) is 0 Å². The lowest BCUT2D eigenvalue weighted by atomic mass is 10.2. The second-order valence-corrected chi connectivity index (χ2v) is 6.68. The fraction of sp³-hybridized carbons (Fsp3) is 0.312. The molecule has 0 unspecified atom stereocenters. The summed E-state index contributed by atoms with van der Waals surface area (Å²) in [4.78, 5) is 22.6. The molecule has 0 atom stereocenters. The molecule has 1 heterocycles. The number of aromatic nitrogens is 2. The van der Waals surface area contributed by atoms with Crippen molar-refractivity contribution in [2.75, 3.05) is 30.1 Å². The zero-order valence-corrected chi connectivity index (χ0v) is 15.1. The molecule has 0 saturated heterocycles. The van der Waals surface area contributed by atoms with E-state index in [0.717, 1.165) is 17.1 Å². The lowest BCUT2D eigenvalue weighted by Crippen LogP contribution is -2.15. The van der Waals surface area contributed by atoms with Crippen LogP contribution in [-0.2, 0) is 4.79 Å². The van der Waals surface area contributed by atoms with Crippen molar-refractivity contribution in [2.24, 2.45) is 0 Å². The Hall–Kier alpha value is -1.79. The van der Waals surface area contributed by atoms with Gasteiger partial charge < -0.3 is 10.2 Å². The fourth-order valence-electron chi connectivity index (χ4n) is 2.03. The van der Waals surface area contributed by atoms with E-state index in [9.17, 15) is 4.79 Å². The third kappa shape index (κ3) is 5.11. The first-order valence-electron chi connectivity index (χ1n) is 7.07. The highest BCUT2D eigenvalue weighted by atomic mass is 35.5. The number of nitrogens with one attached hydrogen (secondary N) is 1. The first-order valence-corrected chi connectivity index (χ1v) is 8.43. The number of halogens is 1. The van der Waals surface area contributed by atoms with E-state index in [1.807, 2.05) is 51.0 Å². The average molecular weight is 351 g/mol. The van der Waals surface area contributed by atoms with Crippen LogP contribution in [0.15, 0.2) is 29.4 Å². The van der Waals surface area contributed by atoms with Gasteiger partial charge in [-0.2, -0.15) is 0 Å². The minimum Gasteiger partial charge on any atom is -0.376 e. The maximum Gasteiger partial charge on any atom is 0.234 e. The van der Waals surface area contributed by atoms with Gasteiger partial charge in [-0.05, 0) is 38.1 Å². The molecule has 23 heavy (non-hydrogen) atoms. The van der Waals surface area contributed by atoms with Crippen LogP contribution in [0.3, 0.4) is 0 Å². The third-order valence-electron chi connectivity index (χ3n) is 3.01. The standard InChI is InChI=1S/C16H19ClN4OS/c1-10-7-11(2)19-16(18-10)23-9-15(22)20-12-5-6-14(21(3)4)13(17)8-12/h5-8H,9H2,1-4H3,(H,20,22). The Morgan fingerprint density at radius 3 is 2.43 bits per heavy atom. The molecule has 1 amide bonds. The lowest BCUT2D eigenvalue weighted by Gasteiger charge is -2.15. The average Bonchev–Trinajstić information content (AvgIpc) is 2.44. The highest BCUT2D eigenvalue weighted by molar-refractivity contribution is 7.99. The van der Waals surface area contributed by atoms with E-state index in [1.54, 1.807) is 6.07 Å². The van der Waals surface area contributed by atoms with E-state index in [-0.39, 0.29) is 11.7 Å². The van der Waals surface area contributed by atoms with E-state index in [2.05, 4.69) is 15.3 Å². The zero-order chi connectivity index (χ0) is 17.0. The van der Waals surface area contributed by atoms with Crippen molar-refractivity contribution in [3.8, 4) is 0 Å². The number of aryl methyl sites for hydroxylation is 2. The highest BCUT2D eigenvalue weighted by Crippen LogP contribution is 2.27. The first kappa shape index (κ1) is 17.6. The number of carbonyl (C=O) groups excluding carboxylic acids is 1. The van der Waals surface area contributed by atoms with Gasteiger partial charge in [0, 0.05) is 31.2 Å². The fourth-order valence-corrected chi connectivity index (χ4v) is 3.13. The van der Waals surface area contributed by atoms with Crippen molar-refractivity contribution in [2.45, 2.75) is 19.0 Å². The Bertz CT molecular complexity index is 701. The van der Waals surface area contributed by atoms with Gasteiger partial charge in [-0.3, -0.25) is 4.79 Å². The molecule has 0 aliphatic heterocycles. The summed E-state index contributed by atoms with van der Waals surface area (Å²) in [5, 5.41) is 4.04. The smallest absolute Gasteiger partial charge is 0.234 e. The van der Waals surface area contributed by atoms with Crippen LogP contribution in [0.4, 0.5) is 11.4 Å². The number of benzene rings is 1. The lowest BCUT2D eigenvalue weighted by molar-refractivity contribution is -0.113. The van der Waals surface area contributed by atoms with Gasteiger partial charge in [0.25, 0.3) is 0 Å². The molecule has 1 aromatic carbocycles. The van der Waals surface area contributed by atoms with Crippen molar-refractivity contribution >= 4 is 40.6 Å². The molecule has 0 saturated carbocycles. The van der Waals surface area contributed by atoms with E-state index in [1.165, 1.54) is 11.8 Å². The second-order valence-electron chi connectivity index (χ2n) is 5.33. The minimum absolute atomic E-state index is 0.119. The van der Waals surface area contributed by atoms with Gasteiger partial charge in [-0.25, -0.2) is 9.97 Å². The molecule has 0 spiro atoms. The van der Waals surface area contributed by atoms with Gasteiger partial charge in [0.1, 0.15) is 0 Å². The predicted molar refractivity (Wildman–Crippen MR) is 96.6 cm³/mol. The van der Waals surface area contributed by atoms with E-state index in [4.69, 9.17) is 11.6 Å². The quantitative estimate of drug-likeness (QED) is 0.660. The van der Waals surface area contributed by atoms with Crippen LogP contribution in [0.1, 0.15) is 11.4 Å². The Balaban J connectivity index is 1.95. The molecule has 0 radical (unpaired) electrons. The maximum atomic E-state index is 12.0. The molecule has 0 aliphatic carbocycles. The van der Waals surface area contributed by atoms with Crippen LogP contribution in [0.2, 0.25) is 5.02 Å². The number of thioether (sulfide) groups is 1. The number of amides is 1. The maximum absolute atomic E-state index is 12.0. The molecule has 5 nitrogen and oxygen atoms in total. The topological polar surface area (TPSA) is 58.1 Å². The monoisotopic (exact) mass is 350 g/mol.